The quantitative estimate of drug-likeness (QED) is 0.407. The Labute approximate surface area is 202 Å². The van der Waals surface area contributed by atoms with Crippen LogP contribution < -0.4 is 14.4 Å². The van der Waals surface area contributed by atoms with Gasteiger partial charge in [0.05, 0.1) is 30.2 Å². The van der Waals surface area contributed by atoms with Crippen molar-refractivity contribution in [1.29, 1.82) is 0 Å². The second-order valence-corrected chi connectivity index (χ2v) is 8.53. The molecule has 1 saturated heterocycles. The number of nitrogens with zero attached hydrogens (tertiary/aromatic N) is 2. The predicted molar refractivity (Wildman–Crippen MR) is 128 cm³/mol. The molecule has 2 heterocycles. The number of hydrogen-bond donors (Lipinski definition) is 0. The lowest BCUT2D eigenvalue weighted by Crippen LogP contribution is -2.23. The molecule has 34 heavy (non-hydrogen) atoms. The Balaban J connectivity index is 1.35. The third-order valence-electron chi connectivity index (χ3n) is 5.27. The Morgan fingerprint density at radius 2 is 1.97 bits per heavy atom. The van der Waals surface area contributed by atoms with E-state index in [1.807, 2.05) is 12.1 Å². The number of carbonyl (C=O) groups is 2. The number of benzene rings is 2. The Morgan fingerprint density at radius 3 is 2.68 bits per heavy atom. The van der Waals surface area contributed by atoms with Crippen LogP contribution in [0.1, 0.15) is 35.8 Å². The van der Waals surface area contributed by atoms with Gasteiger partial charge in [-0.25, -0.2) is 9.78 Å². The van der Waals surface area contributed by atoms with Crippen LogP contribution in [0.25, 0.3) is 0 Å². The fourth-order valence-electron chi connectivity index (χ4n) is 3.56. The summed E-state index contributed by atoms with van der Waals surface area (Å²) in [6, 6.07) is 14.0. The Morgan fingerprint density at radius 1 is 1.18 bits per heavy atom. The normalized spacial score (nSPS) is 15.1. The fourth-order valence-corrected chi connectivity index (χ4v) is 4.43. The van der Waals surface area contributed by atoms with Crippen LogP contribution in [-0.2, 0) is 20.9 Å². The highest BCUT2D eigenvalue weighted by atomic mass is 32.1. The van der Waals surface area contributed by atoms with E-state index < -0.39 is 5.97 Å². The molecule has 1 fully saturated rings. The highest BCUT2D eigenvalue weighted by molar-refractivity contribution is 7.14. The van der Waals surface area contributed by atoms with Crippen LogP contribution in [0.3, 0.4) is 0 Å². The standard InChI is InChI=1S/C25H26N2O6S/c1-17(28)27(22-7-3-4-8-23(22)30-2)25-26-19(16-34-25)14-33-24(29)18-9-11-20(12-10-18)32-15-21-6-5-13-31-21/h3-4,7-12,16,21H,5-6,13-15H2,1-2H3. The Hall–Kier alpha value is -3.43. The summed E-state index contributed by atoms with van der Waals surface area (Å²) in [5, 5.41) is 2.23. The molecule has 1 atom stereocenters. The minimum Gasteiger partial charge on any atom is -0.495 e. The maximum absolute atomic E-state index is 12.5. The van der Waals surface area contributed by atoms with E-state index in [9.17, 15) is 9.59 Å². The molecule has 1 amide bonds. The van der Waals surface area contributed by atoms with Gasteiger partial charge in [0.25, 0.3) is 0 Å². The number of thiazole rings is 1. The largest absolute Gasteiger partial charge is 0.495 e. The van der Waals surface area contributed by atoms with Gasteiger partial charge in [-0.1, -0.05) is 12.1 Å². The van der Waals surface area contributed by atoms with Crippen molar-refractivity contribution in [3.8, 4) is 11.5 Å². The zero-order valence-corrected chi connectivity index (χ0v) is 19.9. The summed E-state index contributed by atoms with van der Waals surface area (Å²) in [6.45, 7) is 2.74. The van der Waals surface area contributed by atoms with Crippen molar-refractivity contribution in [3.63, 3.8) is 0 Å². The van der Waals surface area contributed by atoms with E-state index >= 15 is 0 Å². The van der Waals surface area contributed by atoms with Crippen LogP contribution in [0.15, 0.2) is 53.9 Å². The minimum atomic E-state index is -0.464. The lowest BCUT2D eigenvalue weighted by Gasteiger charge is -2.20. The first-order valence-corrected chi connectivity index (χ1v) is 11.8. The molecule has 8 nitrogen and oxygen atoms in total. The minimum absolute atomic E-state index is 0.00965. The number of methoxy groups -OCH3 is 1. The van der Waals surface area contributed by atoms with Gasteiger partial charge in [0.2, 0.25) is 5.91 Å². The van der Waals surface area contributed by atoms with E-state index in [4.69, 9.17) is 18.9 Å². The van der Waals surface area contributed by atoms with Gasteiger partial charge in [-0.2, -0.15) is 0 Å². The molecule has 0 N–H and O–H groups in total. The molecule has 0 radical (unpaired) electrons. The van der Waals surface area contributed by atoms with Crippen molar-refractivity contribution in [2.45, 2.75) is 32.5 Å². The molecule has 4 rings (SSSR count). The van der Waals surface area contributed by atoms with Gasteiger partial charge in [-0.05, 0) is 49.2 Å². The van der Waals surface area contributed by atoms with Crippen LogP contribution in [-0.4, -0.2) is 43.3 Å². The molecule has 9 heteroatoms. The summed E-state index contributed by atoms with van der Waals surface area (Å²) in [7, 11) is 1.55. The van der Waals surface area contributed by atoms with Gasteiger partial charge in [0.1, 0.15) is 24.7 Å². The number of aromatic nitrogens is 1. The zero-order valence-electron chi connectivity index (χ0n) is 19.1. The maximum Gasteiger partial charge on any atom is 0.338 e. The van der Waals surface area contributed by atoms with Gasteiger partial charge in [-0.15, -0.1) is 11.3 Å². The molecule has 0 saturated carbocycles. The first kappa shape index (κ1) is 23.7. The SMILES string of the molecule is COc1ccccc1N(C(C)=O)c1nc(COC(=O)c2ccc(OCC3CCCO3)cc2)cs1. The molecule has 0 bridgehead atoms. The number of carbonyl (C=O) groups excluding carboxylic acids is 2. The second kappa shape index (κ2) is 11.1. The monoisotopic (exact) mass is 482 g/mol. The van der Waals surface area contributed by atoms with Crippen molar-refractivity contribution in [2.24, 2.45) is 0 Å². The Kier molecular flexibility index (Phi) is 7.76. The molecule has 0 spiro atoms. The average molecular weight is 483 g/mol. The van der Waals surface area contributed by atoms with E-state index in [2.05, 4.69) is 4.98 Å². The van der Waals surface area contributed by atoms with Crippen LogP contribution in [0.5, 0.6) is 11.5 Å². The maximum atomic E-state index is 12.5. The van der Waals surface area contributed by atoms with Crippen molar-refractivity contribution in [2.75, 3.05) is 25.2 Å². The van der Waals surface area contributed by atoms with Gasteiger partial charge >= 0.3 is 5.97 Å². The van der Waals surface area contributed by atoms with Gasteiger partial charge < -0.3 is 18.9 Å². The molecule has 1 unspecified atom stereocenters. The van der Waals surface area contributed by atoms with Crippen LogP contribution >= 0.6 is 11.3 Å². The zero-order chi connectivity index (χ0) is 23.9. The van der Waals surface area contributed by atoms with Crippen LogP contribution in [0.4, 0.5) is 10.8 Å². The van der Waals surface area contributed by atoms with Crippen molar-refractivity contribution < 1.29 is 28.5 Å². The molecule has 1 aromatic heterocycles. The average Bonchev–Trinajstić information content (AvgIpc) is 3.54. The van der Waals surface area contributed by atoms with Crippen LogP contribution in [0, 0.1) is 0 Å². The number of amides is 1. The third-order valence-corrected chi connectivity index (χ3v) is 6.15. The van der Waals surface area contributed by atoms with Gasteiger partial charge in [-0.3, -0.25) is 9.69 Å². The lowest BCUT2D eigenvalue weighted by molar-refractivity contribution is -0.115. The highest BCUT2D eigenvalue weighted by Crippen LogP contribution is 2.35. The lowest BCUT2D eigenvalue weighted by atomic mass is 10.2. The van der Waals surface area contributed by atoms with Crippen LogP contribution in [0.2, 0.25) is 0 Å². The van der Waals surface area contributed by atoms with Gasteiger partial charge in [0.15, 0.2) is 5.13 Å². The number of rotatable bonds is 9. The number of ether oxygens (including phenoxy) is 4. The highest BCUT2D eigenvalue weighted by Gasteiger charge is 2.22. The van der Waals surface area contributed by atoms with Crippen molar-refractivity contribution in [3.05, 3.63) is 65.2 Å². The summed E-state index contributed by atoms with van der Waals surface area (Å²) in [6.07, 6.45) is 2.20. The van der Waals surface area contributed by atoms with E-state index in [-0.39, 0.29) is 18.6 Å². The molecule has 3 aromatic rings. The number of para-hydroxylation sites is 2. The smallest absolute Gasteiger partial charge is 0.338 e. The molecular formula is C25H26N2O6S. The second-order valence-electron chi connectivity index (χ2n) is 7.69. The summed E-state index contributed by atoms with van der Waals surface area (Å²) >= 11 is 1.29. The number of anilines is 2. The number of esters is 1. The molecule has 178 valence electrons. The van der Waals surface area contributed by atoms with Gasteiger partial charge in [0, 0.05) is 18.9 Å². The van der Waals surface area contributed by atoms with E-state index in [0.29, 0.717) is 40.2 Å². The van der Waals surface area contributed by atoms with Crippen molar-refractivity contribution in [1.82, 2.24) is 4.98 Å². The topological polar surface area (TPSA) is 87.2 Å². The van der Waals surface area contributed by atoms with E-state index in [1.165, 1.54) is 23.2 Å². The third kappa shape index (κ3) is 5.73. The molecule has 1 aliphatic rings. The number of hydrogen-bond acceptors (Lipinski definition) is 8. The summed E-state index contributed by atoms with van der Waals surface area (Å²) in [5.41, 5.74) is 1.56. The predicted octanol–water partition coefficient (Wildman–Crippen LogP) is 4.75. The molecular weight excluding hydrogens is 456 g/mol. The van der Waals surface area contributed by atoms with E-state index in [0.717, 1.165) is 19.4 Å². The summed E-state index contributed by atoms with van der Waals surface area (Å²) in [4.78, 5) is 30.8. The molecule has 0 aliphatic carbocycles. The molecule has 1 aliphatic heterocycles. The first-order valence-electron chi connectivity index (χ1n) is 10.9. The summed E-state index contributed by atoms with van der Waals surface area (Å²) < 4.78 is 22.1. The fraction of sp³-hybridized carbons (Fsp3) is 0.320. The Bertz CT molecular complexity index is 1120. The summed E-state index contributed by atoms with van der Waals surface area (Å²) in [5.74, 6) is 0.568. The van der Waals surface area contributed by atoms with E-state index in [1.54, 1.807) is 48.9 Å². The molecule has 2 aromatic carbocycles. The van der Waals surface area contributed by atoms with Crippen molar-refractivity contribution >= 4 is 34.0 Å². The first-order chi connectivity index (χ1) is 16.5.